The Hall–Kier alpha value is -1.90. The fourth-order valence-electron chi connectivity index (χ4n) is 2.20. The Kier molecular flexibility index (Phi) is 3.43. The van der Waals surface area contributed by atoms with Crippen LogP contribution in [-0.4, -0.2) is 14.5 Å². The zero-order valence-electron chi connectivity index (χ0n) is 10.7. The van der Waals surface area contributed by atoms with E-state index >= 15 is 0 Å². The monoisotopic (exact) mass is 302 g/mol. The summed E-state index contributed by atoms with van der Waals surface area (Å²) in [6.45, 7) is 2.56. The molecule has 1 atom stereocenters. The minimum absolute atomic E-state index is 0.220. The molecule has 0 fully saturated rings. The first kappa shape index (κ1) is 13.1. The number of fused-ring (bicyclic) bond motifs is 1. The molecule has 0 saturated carbocycles. The van der Waals surface area contributed by atoms with Crippen molar-refractivity contribution in [2.24, 2.45) is 0 Å². The summed E-state index contributed by atoms with van der Waals surface area (Å²) in [6, 6.07) is 7.79. The topological polar surface area (TPSA) is 54.5 Å². The maximum Gasteiger partial charge on any atom is 0.128 e. The first-order chi connectivity index (χ1) is 9.70. The molecule has 2 aromatic heterocycles. The van der Waals surface area contributed by atoms with Crippen LogP contribution in [0.25, 0.3) is 11.0 Å². The van der Waals surface area contributed by atoms with Gasteiger partial charge >= 0.3 is 0 Å². The van der Waals surface area contributed by atoms with E-state index in [-0.39, 0.29) is 5.38 Å². The Morgan fingerprint density at radius 2 is 2.35 bits per heavy atom. The Morgan fingerprint density at radius 1 is 1.50 bits per heavy atom. The van der Waals surface area contributed by atoms with Crippen molar-refractivity contribution in [3.05, 3.63) is 46.2 Å². The molecule has 0 spiro atoms. The predicted molar refractivity (Wildman–Crippen MR) is 79.9 cm³/mol. The lowest BCUT2D eigenvalue weighted by molar-refractivity contribution is 0.749. The van der Waals surface area contributed by atoms with Crippen molar-refractivity contribution < 1.29 is 0 Å². The molecule has 0 bridgehead atoms. The summed E-state index contributed by atoms with van der Waals surface area (Å²) >= 11 is 7.83. The van der Waals surface area contributed by atoms with Crippen molar-refractivity contribution in [3.63, 3.8) is 0 Å². The fourth-order valence-corrected chi connectivity index (χ4v) is 2.95. The number of imidazole rings is 1. The van der Waals surface area contributed by atoms with E-state index in [1.807, 2.05) is 25.3 Å². The normalized spacial score (nSPS) is 12.4. The van der Waals surface area contributed by atoms with Gasteiger partial charge in [0.1, 0.15) is 17.4 Å². The van der Waals surface area contributed by atoms with Gasteiger partial charge in [-0.05, 0) is 19.1 Å². The summed E-state index contributed by atoms with van der Waals surface area (Å²) in [4.78, 5) is 9.78. The molecule has 0 N–H and O–H groups in total. The third-order valence-corrected chi connectivity index (χ3v) is 4.04. The number of rotatable bonds is 3. The van der Waals surface area contributed by atoms with E-state index in [1.165, 1.54) is 0 Å². The Morgan fingerprint density at radius 3 is 3.00 bits per heavy atom. The van der Waals surface area contributed by atoms with Crippen LogP contribution in [0.4, 0.5) is 0 Å². The highest BCUT2D eigenvalue weighted by Gasteiger charge is 2.17. The standard InChI is InChI=1S/C14H11ClN4S/c1-9(15)14-18-13-10(5-16)3-2-4-12(13)19(14)7-11-6-17-8-20-11/h2-4,6,8-9H,7H2,1H3. The zero-order valence-corrected chi connectivity index (χ0v) is 12.3. The lowest BCUT2D eigenvalue weighted by atomic mass is 10.2. The lowest BCUT2D eigenvalue weighted by Crippen LogP contribution is -2.04. The van der Waals surface area contributed by atoms with Gasteiger partial charge in [-0.3, -0.25) is 4.98 Å². The van der Waals surface area contributed by atoms with E-state index in [1.54, 1.807) is 22.9 Å². The van der Waals surface area contributed by atoms with Gasteiger partial charge in [0.15, 0.2) is 0 Å². The number of para-hydroxylation sites is 1. The van der Waals surface area contributed by atoms with E-state index < -0.39 is 0 Å². The Labute approximate surface area is 125 Å². The third kappa shape index (κ3) is 2.17. The Bertz CT molecular complexity index is 783. The van der Waals surface area contributed by atoms with Crippen LogP contribution in [0.3, 0.4) is 0 Å². The van der Waals surface area contributed by atoms with Gasteiger partial charge in [-0.2, -0.15) is 5.26 Å². The van der Waals surface area contributed by atoms with Gasteiger partial charge in [0.25, 0.3) is 0 Å². The SMILES string of the molecule is CC(Cl)c1nc2c(C#N)cccc2n1Cc1cncs1. The first-order valence-corrected chi connectivity index (χ1v) is 7.43. The summed E-state index contributed by atoms with van der Waals surface area (Å²) in [7, 11) is 0. The molecule has 1 aromatic carbocycles. The highest BCUT2D eigenvalue weighted by atomic mass is 35.5. The van der Waals surface area contributed by atoms with Gasteiger partial charge in [0.2, 0.25) is 0 Å². The van der Waals surface area contributed by atoms with E-state index in [4.69, 9.17) is 11.6 Å². The van der Waals surface area contributed by atoms with Crippen molar-refractivity contribution in [2.75, 3.05) is 0 Å². The van der Waals surface area contributed by atoms with Gasteiger partial charge in [-0.15, -0.1) is 22.9 Å². The van der Waals surface area contributed by atoms with Crippen molar-refractivity contribution in [1.82, 2.24) is 14.5 Å². The highest BCUT2D eigenvalue weighted by Crippen LogP contribution is 2.27. The highest BCUT2D eigenvalue weighted by molar-refractivity contribution is 7.09. The molecular weight excluding hydrogens is 292 g/mol. The molecule has 6 heteroatoms. The van der Waals surface area contributed by atoms with Crippen LogP contribution in [-0.2, 0) is 6.54 Å². The van der Waals surface area contributed by atoms with Crippen LogP contribution in [0.5, 0.6) is 0 Å². The number of benzene rings is 1. The van der Waals surface area contributed by atoms with E-state index in [2.05, 4.69) is 20.6 Å². The summed E-state index contributed by atoms with van der Waals surface area (Å²) in [5.74, 6) is 0.776. The predicted octanol–water partition coefficient (Wildman–Crippen LogP) is 3.71. The van der Waals surface area contributed by atoms with Crippen LogP contribution in [0.2, 0.25) is 0 Å². The molecule has 4 nitrogen and oxygen atoms in total. The van der Waals surface area contributed by atoms with Crippen LogP contribution in [0.15, 0.2) is 29.9 Å². The maximum absolute atomic E-state index is 9.19. The quantitative estimate of drug-likeness (QED) is 0.693. The van der Waals surface area contributed by atoms with E-state index in [0.29, 0.717) is 17.6 Å². The van der Waals surface area contributed by atoms with Crippen molar-refractivity contribution in [2.45, 2.75) is 18.8 Å². The van der Waals surface area contributed by atoms with Crippen molar-refractivity contribution >= 4 is 34.0 Å². The second kappa shape index (κ2) is 5.23. The molecule has 2 heterocycles. The van der Waals surface area contributed by atoms with Crippen LogP contribution in [0, 0.1) is 11.3 Å². The van der Waals surface area contributed by atoms with Crippen LogP contribution < -0.4 is 0 Å². The van der Waals surface area contributed by atoms with Crippen molar-refractivity contribution in [1.29, 1.82) is 5.26 Å². The molecule has 0 radical (unpaired) electrons. The number of aromatic nitrogens is 3. The number of nitrogens with zero attached hydrogens (tertiary/aromatic N) is 4. The van der Waals surface area contributed by atoms with Crippen molar-refractivity contribution in [3.8, 4) is 6.07 Å². The van der Waals surface area contributed by atoms with Gasteiger partial charge in [0, 0.05) is 11.1 Å². The Balaban J connectivity index is 2.22. The zero-order chi connectivity index (χ0) is 14.1. The number of alkyl halides is 1. The maximum atomic E-state index is 9.19. The molecule has 100 valence electrons. The molecule has 20 heavy (non-hydrogen) atoms. The summed E-state index contributed by atoms with van der Waals surface area (Å²) in [5, 5.41) is 8.97. The molecule has 3 rings (SSSR count). The average Bonchev–Trinajstić information content (AvgIpc) is 3.07. The number of halogens is 1. The van der Waals surface area contributed by atoms with E-state index in [9.17, 15) is 5.26 Å². The number of hydrogen-bond acceptors (Lipinski definition) is 4. The first-order valence-electron chi connectivity index (χ1n) is 6.11. The third-order valence-electron chi connectivity index (χ3n) is 3.08. The molecular formula is C14H11ClN4S. The average molecular weight is 303 g/mol. The molecule has 0 aliphatic heterocycles. The van der Waals surface area contributed by atoms with E-state index in [0.717, 1.165) is 16.2 Å². The largest absolute Gasteiger partial charge is 0.321 e. The van der Waals surface area contributed by atoms with Gasteiger partial charge in [0.05, 0.1) is 28.5 Å². The number of nitriles is 1. The second-order valence-electron chi connectivity index (χ2n) is 4.43. The smallest absolute Gasteiger partial charge is 0.128 e. The second-order valence-corrected chi connectivity index (χ2v) is 6.05. The minimum atomic E-state index is -0.220. The summed E-state index contributed by atoms with van der Waals surface area (Å²) in [5.41, 5.74) is 4.02. The molecule has 1 unspecified atom stereocenters. The van der Waals surface area contributed by atoms with Crippen LogP contribution >= 0.6 is 22.9 Å². The molecule has 0 aliphatic rings. The number of thiazole rings is 1. The summed E-state index contributed by atoms with van der Waals surface area (Å²) < 4.78 is 2.06. The molecule has 0 saturated heterocycles. The minimum Gasteiger partial charge on any atom is -0.321 e. The van der Waals surface area contributed by atoms with Crippen LogP contribution in [0.1, 0.15) is 28.6 Å². The summed E-state index contributed by atoms with van der Waals surface area (Å²) in [6.07, 6.45) is 1.84. The molecule has 0 aliphatic carbocycles. The molecule has 3 aromatic rings. The fraction of sp³-hybridized carbons (Fsp3) is 0.214. The number of hydrogen-bond donors (Lipinski definition) is 0. The molecule has 0 amide bonds. The lowest BCUT2D eigenvalue weighted by Gasteiger charge is -2.08. The van der Waals surface area contributed by atoms with Gasteiger partial charge < -0.3 is 4.57 Å². The van der Waals surface area contributed by atoms with Gasteiger partial charge in [-0.1, -0.05) is 6.07 Å². The van der Waals surface area contributed by atoms with Gasteiger partial charge in [-0.25, -0.2) is 4.98 Å².